The van der Waals surface area contributed by atoms with Crippen LogP contribution in [-0.4, -0.2) is 46.7 Å². The summed E-state index contributed by atoms with van der Waals surface area (Å²) in [6.07, 6.45) is 2.06. The van der Waals surface area contributed by atoms with Gasteiger partial charge in [0.15, 0.2) is 5.65 Å². The highest BCUT2D eigenvalue weighted by molar-refractivity contribution is 5.96. The SMILES string of the molecule is COc1cc(C2=NCCO2)ccc1Nc1nc2ccc(-c3ccc(NC(=O)Cc4ccc(F)cc4)cc3)cn2n1. The zero-order valence-corrected chi connectivity index (χ0v) is 21.6. The van der Waals surface area contributed by atoms with Crippen LogP contribution in [0.1, 0.15) is 11.1 Å². The van der Waals surface area contributed by atoms with E-state index in [1.54, 1.807) is 23.8 Å². The van der Waals surface area contributed by atoms with E-state index in [4.69, 9.17) is 9.47 Å². The standard InChI is InChI=1S/C30H25FN6O3/c1-39-26-17-21(29-32-14-15-40-29)6-12-25(26)34-30-35-27-13-7-22(18-37(27)36-30)20-4-10-24(11-5-20)33-28(38)16-19-2-8-23(31)9-3-19/h2-13,17-18H,14-16H2,1H3,(H,33,38)(H,34,36). The van der Waals surface area contributed by atoms with Gasteiger partial charge in [-0.1, -0.05) is 24.3 Å². The van der Waals surface area contributed by atoms with E-state index >= 15 is 0 Å². The van der Waals surface area contributed by atoms with Gasteiger partial charge in [-0.25, -0.2) is 13.9 Å². The Morgan fingerprint density at radius 2 is 1.77 bits per heavy atom. The molecule has 0 saturated heterocycles. The molecule has 10 heteroatoms. The van der Waals surface area contributed by atoms with Crippen LogP contribution < -0.4 is 15.4 Å². The van der Waals surface area contributed by atoms with Crippen LogP contribution in [0, 0.1) is 5.82 Å². The van der Waals surface area contributed by atoms with Gasteiger partial charge in [0, 0.05) is 23.0 Å². The van der Waals surface area contributed by atoms with Crippen molar-refractivity contribution in [1.29, 1.82) is 0 Å². The van der Waals surface area contributed by atoms with Gasteiger partial charge in [-0.3, -0.25) is 4.79 Å². The van der Waals surface area contributed by atoms with Crippen LogP contribution in [0.15, 0.2) is 90.1 Å². The molecule has 2 aromatic heterocycles. The fraction of sp³-hybridized carbons (Fsp3) is 0.133. The van der Waals surface area contributed by atoms with E-state index in [-0.39, 0.29) is 18.1 Å². The first-order valence-electron chi connectivity index (χ1n) is 12.7. The number of carbonyl (C=O) groups excluding carboxylic acids is 1. The quantitative estimate of drug-likeness (QED) is 0.281. The van der Waals surface area contributed by atoms with E-state index in [2.05, 4.69) is 25.7 Å². The first-order valence-corrected chi connectivity index (χ1v) is 12.7. The van der Waals surface area contributed by atoms with Crippen molar-refractivity contribution >= 4 is 34.8 Å². The second kappa shape index (κ2) is 10.9. The second-order valence-electron chi connectivity index (χ2n) is 9.16. The van der Waals surface area contributed by atoms with Crippen LogP contribution in [0.2, 0.25) is 0 Å². The molecule has 3 aromatic carbocycles. The molecule has 200 valence electrons. The van der Waals surface area contributed by atoms with E-state index in [0.29, 0.717) is 42.1 Å². The summed E-state index contributed by atoms with van der Waals surface area (Å²) in [6.45, 7) is 1.24. The Balaban J connectivity index is 1.14. The molecule has 0 aliphatic carbocycles. The Bertz CT molecular complexity index is 1710. The van der Waals surface area contributed by atoms with Gasteiger partial charge in [0.2, 0.25) is 17.8 Å². The third kappa shape index (κ3) is 5.46. The molecule has 1 aliphatic rings. The Morgan fingerprint density at radius 3 is 2.52 bits per heavy atom. The molecule has 0 unspecified atom stereocenters. The number of nitrogens with one attached hydrogen (secondary N) is 2. The molecule has 0 bridgehead atoms. The zero-order chi connectivity index (χ0) is 27.5. The lowest BCUT2D eigenvalue weighted by Crippen LogP contribution is -2.14. The topological polar surface area (TPSA) is 102 Å². The van der Waals surface area contributed by atoms with Gasteiger partial charge in [-0.2, -0.15) is 4.98 Å². The van der Waals surface area contributed by atoms with Crippen molar-refractivity contribution in [1.82, 2.24) is 14.6 Å². The van der Waals surface area contributed by atoms with E-state index in [1.165, 1.54) is 12.1 Å². The molecule has 3 heterocycles. The average molecular weight is 537 g/mol. The van der Waals surface area contributed by atoms with Crippen molar-refractivity contribution < 1.29 is 18.7 Å². The third-order valence-corrected chi connectivity index (χ3v) is 6.39. The lowest BCUT2D eigenvalue weighted by atomic mass is 10.1. The second-order valence-corrected chi connectivity index (χ2v) is 9.16. The smallest absolute Gasteiger partial charge is 0.247 e. The molecule has 5 aromatic rings. The number of ether oxygens (including phenoxy) is 2. The molecule has 6 rings (SSSR count). The van der Waals surface area contributed by atoms with Gasteiger partial charge in [-0.05, 0) is 65.7 Å². The van der Waals surface area contributed by atoms with Gasteiger partial charge in [-0.15, -0.1) is 5.10 Å². The number of methoxy groups -OCH3 is 1. The summed E-state index contributed by atoms with van der Waals surface area (Å²) in [6, 6.07) is 23.0. The number of aromatic nitrogens is 3. The lowest BCUT2D eigenvalue weighted by molar-refractivity contribution is -0.115. The molecule has 0 spiro atoms. The zero-order valence-electron chi connectivity index (χ0n) is 21.6. The van der Waals surface area contributed by atoms with Crippen molar-refractivity contribution in [3.8, 4) is 16.9 Å². The molecule has 9 nitrogen and oxygen atoms in total. The number of fused-ring (bicyclic) bond motifs is 1. The number of nitrogens with zero attached hydrogens (tertiary/aromatic N) is 4. The Morgan fingerprint density at radius 1 is 1.00 bits per heavy atom. The van der Waals surface area contributed by atoms with Crippen LogP contribution >= 0.6 is 0 Å². The molecule has 2 N–H and O–H groups in total. The summed E-state index contributed by atoms with van der Waals surface area (Å²) in [5.41, 5.74) is 5.57. The number of amides is 1. The minimum atomic E-state index is -0.326. The first kappa shape index (κ1) is 25.1. The Hall–Kier alpha value is -5.25. The van der Waals surface area contributed by atoms with Crippen molar-refractivity contribution in [2.45, 2.75) is 6.42 Å². The van der Waals surface area contributed by atoms with Crippen molar-refractivity contribution in [2.24, 2.45) is 4.99 Å². The fourth-order valence-electron chi connectivity index (χ4n) is 4.40. The predicted octanol–water partition coefficient (Wildman–Crippen LogP) is 5.25. The number of halogens is 1. The third-order valence-electron chi connectivity index (χ3n) is 6.39. The molecule has 0 radical (unpaired) electrons. The molecule has 0 atom stereocenters. The van der Waals surface area contributed by atoms with Gasteiger partial charge in [0.25, 0.3) is 0 Å². The fourth-order valence-corrected chi connectivity index (χ4v) is 4.40. The van der Waals surface area contributed by atoms with Crippen LogP contribution in [-0.2, 0) is 16.0 Å². The van der Waals surface area contributed by atoms with Crippen molar-refractivity contribution in [3.63, 3.8) is 0 Å². The molecular formula is C30H25FN6O3. The molecule has 1 amide bonds. The number of benzene rings is 3. The van der Waals surface area contributed by atoms with Gasteiger partial charge in [0.05, 0.1) is 25.8 Å². The number of anilines is 3. The lowest BCUT2D eigenvalue weighted by Gasteiger charge is -2.10. The summed E-state index contributed by atoms with van der Waals surface area (Å²) in [5.74, 6) is 1.17. The van der Waals surface area contributed by atoms with E-state index in [1.807, 2.05) is 60.8 Å². The monoisotopic (exact) mass is 536 g/mol. The van der Waals surface area contributed by atoms with Gasteiger partial charge in [0.1, 0.15) is 18.2 Å². The van der Waals surface area contributed by atoms with Crippen LogP contribution in [0.25, 0.3) is 16.8 Å². The maximum atomic E-state index is 13.1. The summed E-state index contributed by atoms with van der Waals surface area (Å²) >= 11 is 0. The minimum Gasteiger partial charge on any atom is -0.495 e. The summed E-state index contributed by atoms with van der Waals surface area (Å²) in [4.78, 5) is 21.3. The number of pyridine rings is 1. The average Bonchev–Trinajstić information content (AvgIpc) is 3.65. The van der Waals surface area contributed by atoms with Gasteiger partial charge >= 0.3 is 0 Å². The molecule has 1 aliphatic heterocycles. The van der Waals surface area contributed by atoms with Crippen molar-refractivity contribution in [3.05, 3.63) is 102 Å². The van der Waals surface area contributed by atoms with Crippen LogP contribution in [0.3, 0.4) is 0 Å². The molecule has 0 saturated carbocycles. The summed E-state index contributed by atoms with van der Waals surface area (Å²) in [7, 11) is 1.60. The van der Waals surface area contributed by atoms with E-state index in [0.717, 1.165) is 27.9 Å². The van der Waals surface area contributed by atoms with E-state index < -0.39 is 0 Å². The molecular weight excluding hydrogens is 511 g/mol. The normalized spacial score (nSPS) is 12.6. The Labute approximate surface area is 229 Å². The number of aliphatic imine (C=N–C) groups is 1. The highest BCUT2D eigenvalue weighted by Crippen LogP contribution is 2.29. The van der Waals surface area contributed by atoms with Gasteiger partial charge < -0.3 is 20.1 Å². The summed E-state index contributed by atoms with van der Waals surface area (Å²) in [5, 5.41) is 10.7. The molecule has 0 fully saturated rings. The number of hydrogen-bond acceptors (Lipinski definition) is 7. The van der Waals surface area contributed by atoms with Crippen LogP contribution in [0.4, 0.5) is 21.7 Å². The highest BCUT2D eigenvalue weighted by Gasteiger charge is 2.15. The summed E-state index contributed by atoms with van der Waals surface area (Å²) < 4.78 is 25.9. The number of rotatable bonds is 8. The first-order chi connectivity index (χ1) is 19.5. The minimum absolute atomic E-state index is 0.168. The number of carbonyl (C=O) groups is 1. The Kier molecular flexibility index (Phi) is 6.80. The van der Waals surface area contributed by atoms with E-state index in [9.17, 15) is 9.18 Å². The van der Waals surface area contributed by atoms with Crippen LogP contribution in [0.5, 0.6) is 5.75 Å². The highest BCUT2D eigenvalue weighted by atomic mass is 19.1. The number of hydrogen-bond donors (Lipinski definition) is 2. The van der Waals surface area contributed by atoms with Crippen molar-refractivity contribution in [2.75, 3.05) is 30.9 Å². The molecule has 40 heavy (non-hydrogen) atoms. The maximum Gasteiger partial charge on any atom is 0.247 e. The largest absolute Gasteiger partial charge is 0.495 e. The maximum absolute atomic E-state index is 13.1. The predicted molar refractivity (Wildman–Crippen MR) is 151 cm³/mol.